The second-order valence-electron chi connectivity index (χ2n) is 6.00. The highest BCUT2D eigenvalue weighted by Gasteiger charge is 2.22. The van der Waals surface area contributed by atoms with Crippen LogP contribution in [-0.4, -0.2) is 16.7 Å². The molecule has 1 aliphatic rings. The fraction of sp³-hybridized carbons (Fsp3) is 0.100. The number of anilines is 1. The van der Waals surface area contributed by atoms with Gasteiger partial charge in [-0.25, -0.2) is 0 Å². The third kappa shape index (κ3) is 2.42. The van der Waals surface area contributed by atoms with Crippen molar-refractivity contribution < 1.29 is 9.59 Å². The smallest absolute Gasteiger partial charge is 0.228 e. The van der Waals surface area contributed by atoms with Crippen molar-refractivity contribution in [3.8, 4) is 11.3 Å². The lowest BCUT2D eigenvalue weighted by Gasteiger charge is -2.08. The number of amides is 1. The van der Waals surface area contributed by atoms with Gasteiger partial charge in [0.15, 0.2) is 5.78 Å². The van der Waals surface area contributed by atoms with Gasteiger partial charge in [0.2, 0.25) is 5.91 Å². The van der Waals surface area contributed by atoms with Gasteiger partial charge in [0.1, 0.15) is 0 Å². The van der Waals surface area contributed by atoms with Crippen LogP contribution in [0, 0.1) is 0 Å². The van der Waals surface area contributed by atoms with Gasteiger partial charge in [0, 0.05) is 16.5 Å². The summed E-state index contributed by atoms with van der Waals surface area (Å²) in [5.74, 6) is -0.0173. The molecule has 2 aromatic carbocycles. The molecule has 1 aromatic heterocycles. The molecular formula is C20H16N2O2. The summed E-state index contributed by atoms with van der Waals surface area (Å²) in [6.45, 7) is 1.52. The first-order chi connectivity index (χ1) is 11.6. The molecule has 1 amide bonds. The molecule has 0 aliphatic carbocycles. The average Bonchev–Trinajstić information content (AvgIpc) is 2.85. The van der Waals surface area contributed by atoms with E-state index in [-0.39, 0.29) is 11.7 Å². The number of fused-ring (bicyclic) bond motifs is 5. The number of hydrogen-bond donors (Lipinski definition) is 2. The van der Waals surface area contributed by atoms with Gasteiger partial charge < -0.3 is 10.3 Å². The van der Waals surface area contributed by atoms with E-state index in [4.69, 9.17) is 0 Å². The Labute approximate surface area is 139 Å². The number of rotatable bonds is 2. The van der Waals surface area contributed by atoms with Crippen LogP contribution in [0.2, 0.25) is 0 Å². The van der Waals surface area contributed by atoms with Crippen molar-refractivity contribution in [1.82, 2.24) is 4.98 Å². The van der Waals surface area contributed by atoms with Crippen molar-refractivity contribution in [3.05, 3.63) is 59.7 Å². The van der Waals surface area contributed by atoms with Gasteiger partial charge in [-0.3, -0.25) is 9.59 Å². The molecule has 118 valence electrons. The number of nitrogens with one attached hydrogen (secondary N) is 2. The van der Waals surface area contributed by atoms with Crippen molar-refractivity contribution in [2.24, 2.45) is 0 Å². The SMILES string of the molecule is CC(=O)/C=C/c1ccc2c(c1)-c1[nH]c3ccccc3c1CC(=O)N2. The maximum Gasteiger partial charge on any atom is 0.228 e. The molecule has 0 radical (unpaired) electrons. The molecule has 4 rings (SSSR count). The summed E-state index contributed by atoms with van der Waals surface area (Å²) in [5, 5.41) is 4.03. The van der Waals surface area contributed by atoms with Gasteiger partial charge in [-0.1, -0.05) is 30.3 Å². The van der Waals surface area contributed by atoms with E-state index in [0.29, 0.717) is 6.42 Å². The summed E-state index contributed by atoms with van der Waals surface area (Å²) in [6.07, 6.45) is 3.67. The fourth-order valence-corrected chi connectivity index (χ4v) is 3.16. The lowest BCUT2D eigenvalue weighted by molar-refractivity contribution is -0.115. The van der Waals surface area contributed by atoms with Crippen LogP contribution in [0.15, 0.2) is 48.5 Å². The van der Waals surface area contributed by atoms with Crippen LogP contribution in [0.4, 0.5) is 5.69 Å². The Bertz CT molecular complexity index is 1010. The molecular weight excluding hydrogens is 300 g/mol. The Morgan fingerprint density at radius 3 is 2.83 bits per heavy atom. The minimum Gasteiger partial charge on any atom is -0.354 e. The number of H-pyrrole nitrogens is 1. The number of ketones is 1. The summed E-state index contributed by atoms with van der Waals surface area (Å²) in [6, 6.07) is 13.8. The van der Waals surface area contributed by atoms with Crippen LogP contribution in [0.5, 0.6) is 0 Å². The summed E-state index contributed by atoms with van der Waals surface area (Å²) < 4.78 is 0. The molecule has 4 heteroatoms. The molecule has 0 bridgehead atoms. The topological polar surface area (TPSA) is 62.0 Å². The predicted octanol–water partition coefficient (Wildman–Crippen LogP) is 3.93. The van der Waals surface area contributed by atoms with Gasteiger partial charge in [-0.2, -0.15) is 0 Å². The third-order valence-corrected chi connectivity index (χ3v) is 4.25. The third-order valence-electron chi connectivity index (χ3n) is 4.25. The van der Waals surface area contributed by atoms with E-state index in [1.54, 1.807) is 12.2 Å². The first-order valence-corrected chi connectivity index (χ1v) is 7.84. The molecule has 24 heavy (non-hydrogen) atoms. The van der Waals surface area contributed by atoms with Crippen LogP contribution < -0.4 is 5.32 Å². The van der Waals surface area contributed by atoms with E-state index in [2.05, 4.69) is 10.3 Å². The number of para-hydroxylation sites is 1. The van der Waals surface area contributed by atoms with Crippen molar-refractivity contribution >= 4 is 34.4 Å². The molecule has 0 saturated carbocycles. The minimum absolute atomic E-state index is 0.00421. The predicted molar refractivity (Wildman–Crippen MR) is 95.8 cm³/mol. The van der Waals surface area contributed by atoms with Crippen molar-refractivity contribution in [2.45, 2.75) is 13.3 Å². The van der Waals surface area contributed by atoms with Gasteiger partial charge in [-0.05, 0) is 42.3 Å². The summed E-state index contributed by atoms with van der Waals surface area (Å²) >= 11 is 0. The fourth-order valence-electron chi connectivity index (χ4n) is 3.16. The zero-order valence-corrected chi connectivity index (χ0v) is 13.2. The minimum atomic E-state index is -0.0215. The Kier molecular flexibility index (Phi) is 3.31. The van der Waals surface area contributed by atoms with Crippen LogP contribution in [0.1, 0.15) is 18.1 Å². The van der Waals surface area contributed by atoms with Gasteiger partial charge in [-0.15, -0.1) is 0 Å². The van der Waals surface area contributed by atoms with Crippen LogP contribution in [-0.2, 0) is 16.0 Å². The largest absolute Gasteiger partial charge is 0.354 e. The monoisotopic (exact) mass is 316 g/mol. The number of benzene rings is 2. The highest BCUT2D eigenvalue weighted by Crippen LogP contribution is 2.38. The van der Waals surface area contributed by atoms with E-state index in [0.717, 1.165) is 39.0 Å². The zero-order valence-electron chi connectivity index (χ0n) is 13.2. The van der Waals surface area contributed by atoms with Gasteiger partial charge >= 0.3 is 0 Å². The molecule has 2 N–H and O–H groups in total. The van der Waals surface area contributed by atoms with Gasteiger partial charge in [0.25, 0.3) is 0 Å². The van der Waals surface area contributed by atoms with Crippen molar-refractivity contribution in [1.29, 1.82) is 0 Å². The summed E-state index contributed by atoms with van der Waals surface area (Å²) in [4.78, 5) is 26.9. The highest BCUT2D eigenvalue weighted by atomic mass is 16.1. The maximum atomic E-state index is 12.3. The molecule has 0 spiro atoms. The molecule has 3 aromatic rings. The molecule has 0 atom stereocenters. The number of aromatic nitrogens is 1. The van der Waals surface area contributed by atoms with E-state index >= 15 is 0 Å². The molecule has 0 unspecified atom stereocenters. The molecule has 0 saturated heterocycles. The van der Waals surface area contributed by atoms with Crippen LogP contribution in [0.25, 0.3) is 28.2 Å². The number of aromatic amines is 1. The number of hydrogen-bond acceptors (Lipinski definition) is 2. The first-order valence-electron chi connectivity index (χ1n) is 7.84. The van der Waals surface area contributed by atoms with Crippen LogP contribution >= 0.6 is 0 Å². The van der Waals surface area contributed by atoms with Crippen molar-refractivity contribution in [3.63, 3.8) is 0 Å². The van der Waals surface area contributed by atoms with Crippen molar-refractivity contribution in [2.75, 3.05) is 5.32 Å². The maximum absolute atomic E-state index is 12.3. The number of carbonyl (C=O) groups excluding carboxylic acids is 2. The van der Waals surface area contributed by atoms with E-state index in [1.165, 1.54) is 6.92 Å². The summed E-state index contributed by atoms with van der Waals surface area (Å²) in [5.41, 5.74) is 5.64. The highest BCUT2D eigenvalue weighted by molar-refractivity contribution is 6.05. The number of carbonyl (C=O) groups is 2. The number of allylic oxidation sites excluding steroid dienone is 1. The Balaban J connectivity index is 1.95. The average molecular weight is 316 g/mol. The first kappa shape index (κ1) is 14.5. The standard InChI is InChI=1S/C20H16N2O2/c1-12(23)6-7-13-8-9-18-16(10-13)20-15(11-19(24)21-18)14-4-2-3-5-17(14)22-20/h2-10,22H,11H2,1H3,(H,21,24)/b7-6+. The second kappa shape index (κ2) is 5.49. The molecule has 1 aliphatic heterocycles. The molecule has 4 nitrogen and oxygen atoms in total. The van der Waals surface area contributed by atoms with E-state index in [9.17, 15) is 9.59 Å². The Morgan fingerprint density at radius 2 is 2.00 bits per heavy atom. The second-order valence-corrected chi connectivity index (χ2v) is 6.00. The Morgan fingerprint density at radius 1 is 1.17 bits per heavy atom. The Hall–Kier alpha value is -3.14. The normalized spacial score (nSPS) is 13.5. The summed E-state index contributed by atoms with van der Waals surface area (Å²) in [7, 11) is 0. The molecule has 0 fully saturated rings. The van der Waals surface area contributed by atoms with Gasteiger partial charge in [0.05, 0.1) is 17.8 Å². The zero-order chi connectivity index (χ0) is 16.7. The van der Waals surface area contributed by atoms with E-state index in [1.807, 2.05) is 42.5 Å². The van der Waals surface area contributed by atoms with E-state index < -0.39 is 0 Å². The lowest BCUT2D eigenvalue weighted by atomic mass is 10.0. The lowest BCUT2D eigenvalue weighted by Crippen LogP contribution is -2.12. The quantitative estimate of drug-likeness (QED) is 0.704. The van der Waals surface area contributed by atoms with Crippen LogP contribution in [0.3, 0.4) is 0 Å². The molecule has 2 heterocycles.